The Hall–Kier alpha value is -3.77. The third-order valence-electron chi connectivity index (χ3n) is 6.52. The van der Waals surface area contributed by atoms with Gasteiger partial charge in [0, 0.05) is 23.2 Å². The van der Waals surface area contributed by atoms with Gasteiger partial charge in [-0.05, 0) is 51.1 Å². The predicted octanol–water partition coefficient (Wildman–Crippen LogP) is 4.26. The number of nitrogens with one attached hydrogen (secondary N) is 1. The van der Waals surface area contributed by atoms with Crippen LogP contribution in [-0.4, -0.2) is 42.5 Å². The van der Waals surface area contributed by atoms with Crippen LogP contribution in [0.15, 0.2) is 42.7 Å². The predicted molar refractivity (Wildman–Crippen MR) is 132 cm³/mol. The molecule has 5 rings (SSSR count). The number of nitriles is 1. The molecule has 0 aromatic carbocycles. The Morgan fingerprint density at radius 2 is 1.97 bits per heavy atom. The highest BCUT2D eigenvalue weighted by molar-refractivity contribution is 5.68. The molecule has 1 fully saturated rings. The summed E-state index contributed by atoms with van der Waals surface area (Å²) in [6.07, 6.45) is 5.05. The van der Waals surface area contributed by atoms with Gasteiger partial charge in [-0.15, -0.1) is 5.10 Å². The smallest absolute Gasteiger partial charge is 0.201 e. The first kappa shape index (κ1) is 23.0. The monoisotopic (exact) mass is 470 g/mol. The number of hydrogen-bond donors (Lipinski definition) is 1. The maximum atomic E-state index is 9.73. The normalized spacial score (nSPS) is 15.7. The first-order chi connectivity index (χ1) is 16.9. The fourth-order valence-electron chi connectivity index (χ4n) is 4.72. The van der Waals surface area contributed by atoms with Gasteiger partial charge in [-0.25, -0.2) is 9.67 Å². The van der Waals surface area contributed by atoms with Crippen molar-refractivity contribution in [3.05, 3.63) is 59.8 Å². The van der Waals surface area contributed by atoms with E-state index in [0.717, 1.165) is 48.6 Å². The second-order valence-corrected chi connectivity index (χ2v) is 10.1. The highest BCUT2D eigenvalue weighted by atomic mass is 16.5. The van der Waals surface area contributed by atoms with Crippen molar-refractivity contribution in [3.63, 3.8) is 0 Å². The lowest BCUT2D eigenvalue weighted by atomic mass is 9.86. The lowest BCUT2D eigenvalue weighted by Crippen LogP contribution is -2.30. The Bertz CT molecular complexity index is 1370. The number of imidazole rings is 1. The summed E-state index contributed by atoms with van der Waals surface area (Å²) < 4.78 is 10.4. The highest BCUT2D eigenvalue weighted by Crippen LogP contribution is 2.38. The number of piperidine rings is 1. The fraction of sp³-hybridized carbons (Fsp3) is 0.423. The zero-order chi connectivity index (χ0) is 24.6. The number of nitrogens with zero attached hydrogens (tertiary/aromatic N) is 7. The summed E-state index contributed by atoms with van der Waals surface area (Å²) in [7, 11) is 0. The number of rotatable bonds is 5. The summed E-state index contributed by atoms with van der Waals surface area (Å²) in [5, 5.41) is 22.2. The van der Waals surface area contributed by atoms with E-state index < -0.39 is 0 Å². The Morgan fingerprint density at radius 1 is 1.17 bits per heavy atom. The van der Waals surface area contributed by atoms with Crippen molar-refractivity contribution < 1.29 is 4.74 Å². The van der Waals surface area contributed by atoms with Crippen LogP contribution in [0.25, 0.3) is 16.9 Å². The zero-order valence-electron chi connectivity index (χ0n) is 20.6. The van der Waals surface area contributed by atoms with E-state index in [0.29, 0.717) is 23.3 Å². The molecule has 9 nitrogen and oxygen atoms in total. The minimum absolute atomic E-state index is 0.252. The van der Waals surface area contributed by atoms with Crippen molar-refractivity contribution in [2.24, 2.45) is 5.41 Å². The minimum atomic E-state index is -0.345. The van der Waals surface area contributed by atoms with Crippen LogP contribution in [0.1, 0.15) is 62.8 Å². The first-order valence-corrected chi connectivity index (χ1v) is 12.0. The molecule has 1 aliphatic heterocycles. The highest BCUT2D eigenvalue weighted by Gasteiger charge is 2.31. The Kier molecular flexibility index (Phi) is 5.99. The second-order valence-electron chi connectivity index (χ2n) is 10.1. The van der Waals surface area contributed by atoms with E-state index in [1.54, 1.807) is 16.8 Å². The van der Waals surface area contributed by atoms with Crippen molar-refractivity contribution in [2.75, 3.05) is 13.1 Å². The average molecular weight is 471 g/mol. The maximum Gasteiger partial charge on any atom is 0.201 e. The summed E-state index contributed by atoms with van der Waals surface area (Å²) in [6.45, 7) is 10.4. The first-order valence-electron chi connectivity index (χ1n) is 12.0. The van der Waals surface area contributed by atoms with E-state index in [1.165, 1.54) is 0 Å². The molecule has 1 aliphatic rings. The van der Waals surface area contributed by atoms with Crippen molar-refractivity contribution in [2.45, 2.75) is 52.7 Å². The topological polar surface area (TPSA) is 106 Å². The lowest BCUT2D eigenvalue weighted by Gasteiger charge is -2.31. The SMILES string of the molecule is Cc1c(-c2cc(OC(c3ccccn3)C(C)(C)C)n3c(C#N)cnc3c2)nnn1C1CCNCC1. The molecule has 0 radical (unpaired) electrons. The number of hydrogen-bond acceptors (Lipinski definition) is 7. The van der Waals surface area contributed by atoms with Gasteiger partial charge >= 0.3 is 0 Å². The van der Waals surface area contributed by atoms with E-state index >= 15 is 0 Å². The molecule has 9 heteroatoms. The average Bonchev–Trinajstić information content (AvgIpc) is 3.46. The van der Waals surface area contributed by atoms with Crippen molar-refractivity contribution in [3.8, 4) is 23.2 Å². The molecular formula is C26H30N8O. The number of pyridine rings is 2. The molecule has 0 spiro atoms. The molecule has 1 unspecified atom stereocenters. The van der Waals surface area contributed by atoms with Crippen LogP contribution in [0.2, 0.25) is 0 Å². The molecule has 180 valence electrons. The van der Waals surface area contributed by atoms with Crippen LogP contribution in [0.4, 0.5) is 0 Å². The summed E-state index contributed by atoms with van der Waals surface area (Å²) in [5.41, 5.74) is 4.26. The van der Waals surface area contributed by atoms with Crippen LogP contribution < -0.4 is 10.1 Å². The number of ether oxygens (including phenoxy) is 1. The van der Waals surface area contributed by atoms with Crippen molar-refractivity contribution in [1.29, 1.82) is 5.26 Å². The quantitative estimate of drug-likeness (QED) is 0.464. The van der Waals surface area contributed by atoms with Gasteiger partial charge in [0.25, 0.3) is 0 Å². The third-order valence-corrected chi connectivity index (χ3v) is 6.52. The van der Waals surface area contributed by atoms with E-state index in [-0.39, 0.29) is 11.5 Å². The van der Waals surface area contributed by atoms with Gasteiger partial charge in [-0.3, -0.25) is 9.38 Å². The molecule has 0 bridgehead atoms. The van der Waals surface area contributed by atoms with Gasteiger partial charge in [0.05, 0.1) is 23.6 Å². The molecule has 1 N–H and O–H groups in total. The molecule has 4 aromatic rings. The molecule has 0 saturated carbocycles. The summed E-state index contributed by atoms with van der Waals surface area (Å²) in [5.74, 6) is 0.521. The molecule has 0 amide bonds. The van der Waals surface area contributed by atoms with Crippen LogP contribution in [0, 0.1) is 23.7 Å². The van der Waals surface area contributed by atoms with E-state index in [2.05, 4.69) is 59.4 Å². The van der Waals surface area contributed by atoms with Gasteiger partial charge in [-0.2, -0.15) is 5.26 Å². The van der Waals surface area contributed by atoms with Crippen LogP contribution in [0.5, 0.6) is 5.88 Å². The van der Waals surface area contributed by atoms with E-state index in [4.69, 9.17) is 4.74 Å². The Morgan fingerprint density at radius 3 is 2.66 bits per heavy atom. The lowest BCUT2D eigenvalue weighted by molar-refractivity contribution is 0.0770. The van der Waals surface area contributed by atoms with Crippen molar-refractivity contribution >= 4 is 5.65 Å². The van der Waals surface area contributed by atoms with Crippen molar-refractivity contribution in [1.82, 2.24) is 34.7 Å². The minimum Gasteiger partial charge on any atom is -0.468 e. The maximum absolute atomic E-state index is 9.73. The Balaban J connectivity index is 1.61. The van der Waals surface area contributed by atoms with Gasteiger partial charge in [-0.1, -0.05) is 32.1 Å². The summed E-state index contributed by atoms with van der Waals surface area (Å²) >= 11 is 0. The van der Waals surface area contributed by atoms with Crippen LogP contribution >= 0.6 is 0 Å². The van der Waals surface area contributed by atoms with Crippen LogP contribution in [-0.2, 0) is 0 Å². The molecular weight excluding hydrogens is 440 g/mol. The molecule has 5 heterocycles. The number of fused-ring (bicyclic) bond motifs is 1. The fourth-order valence-corrected chi connectivity index (χ4v) is 4.72. The summed E-state index contributed by atoms with van der Waals surface area (Å²) in [4.78, 5) is 9.04. The molecule has 1 atom stereocenters. The second kappa shape index (κ2) is 9.12. The molecule has 4 aromatic heterocycles. The molecule has 35 heavy (non-hydrogen) atoms. The summed E-state index contributed by atoms with van der Waals surface area (Å²) in [6, 6.07) is 12.2. The number of aromatic nitrogens is 6. The van der Waals surface area contributed by atoms with Gasteiger partial charge < -0.3 is 10.1 Å². The van der Waals surface area contributed by atoms with Gasteiger partial charge in [0.2, 0.25) is 5.88 Å². The standard InChI is InChI=1S/C26H30N8O/c1-17-24(31-32-34(17)19-8-11-28-12-9-19)18-13-22-30-16-20(15-27)33(22)23(14-18)35-25(26(2,3)4)21-7-5-6-10-29-21/h5-7,10,13-14,16,19,25,28H,8-9,11-12H2,1-4H3. The van der Waals surface area contributed by atoms with Crippen LogP contribution in [0.3, 0.4) is 0 Å². The third kappa shape index (κ3) is 4.37. The van der Waals surface area contributed by atoms with E-state index in [1.807, 2.05) is 35.0 Å². The van der Waals surface area contributed by atoms with E-state index in [9.17, 15) is 5.26 Å². The molecule has 1 saturated heterocycles. The van der Waals surface area contributed by atoms with Gasteiger partial charge in [0.1, 0.15) is 29.2 Å². The Labute approximate surface area is 204 Å². The van der Waals surface area contributed by atoms with Gasteiger partial charge in [0.15, 0.2) is 0 Å². The molecule has 0 aliphatic carbocycles. The zero-order valence-corrected chi connectivity index (χ0v) is 20.6. The largest absolute Gasteiger partial charge is 0.468 e.